The molecule has 0 saturated carbocycles. The van der Waals surface area contributed by atoms with E-state index in [0.717, 1.165) is 18.8 Å². The summed E-state index contributed by atoms with van der Waals surface area (Å²) >= 11 is 0. The monoisotopic (exact) mass is 372 g/mol. The third-order valence-electron chi connectivity index (χ3n) is 5.04. The predicted molar refractivity (Wildman–Crippen MR) is 109 cm³/mol. The van der Waals surface area contributed by atoms with Crippen molar-refractivity contribution < 1.29 is 19.7 Å². The van der Waals surface area contributed by atoms with Crippen LogP contribution in [0.3, 0.4) is 0 Å². The van der Waals surface area contributed by atoms with Gasteiger partial charge < -0.3 is 19.7 Å². The topological polar surface area (TPSA) is 58.9 Å². The van der Waals surface area contributed by atoms with Crippen LogP contribution in [-0.4, -0.2) is 36.1 Å². The van der Waals surface area contributed by atoms with Gasteiger partial charge in [-0.3, -0.25) is 0 Å². The van der Waals surface area contributed by atoms with E-state index in [0.29, 0.717) is 11.7 Å². The number of benzene rings is 2. The summed E-state index contributed by atoms with van der Waals surface area (Å²) in [6.45, 7) is 9.26. The molecule has 2 atom stereocenters. The van der Waals surface area contributed by atoms with Crippen molar-refractivity contribution >= 4 is 0 Å². The van der Waals surface area contributed by atoms with E-state index in [1.54, 1.807) is 0 Å². The Morgan fingerprint density at radius 3 is 1.70 bits per heavy atom. The van der Waals surface area contributed by atoms with E-state index in [9.17, 15) is 5.11 Å². The van der Waals surface area contributed by atoms with Gasteiger partial charge in [0.2, 0.25) is 0 Å². The lowest BCUT2D eigenvalue weighted by Gasteiger charge is -2.26. The van der Waals surface area contributed by atoms with Crippen LogP contribution < -0.4 is 9.47 Å². The molecule has 0 fully saturated rings. The molecule has 0 bridgehead atoms. The normalized spacial score (nSPS) is 13.9. The highest BCUT2D eigenvalue weighted by atomic mass is 16.5. The lowest BCUT2D eigenvalue weighted by molar-refractivity contribution is 0.0536. The second kappa shape index (κ2) is 9.77. The van der Waals surface area contributed by atoms with Crippen LogP contribution in [0.15, 0.2) is 48.5 Å². The molecule has 0 aromatic heterocycles. The van der Waals surface area contributed by atoms with E-state index in [4.69, 9.17) is 14.6 Å². The summed E-state index contributed by atoms with van der Waals surface area (Å²) in [4.78, 5) is 0. The van der Waals surface area contributed by atoms with Gasteiger partial charge >= 0.3 is 0 Å². The SMILES string of the molecule is CCC(C)COc1ccc(C(C)(C)c2ccc(OCC(O)CO)cc2)cc1. The highest BCUT2D eigenvalue weighted by molar-refractivity contribution is 5.41. The van der Waals surface area contributed by atoms with Crippen LogP contribution in [0.25, 0.3) is 0 Å². The molecule has 2 rings (SSSR count). The van der Waals surface area contributed by atoms with Gasteiger partial charge in [0.1, 0.15) is 24.2 Å². The summed E-state index contributed by atoms with van der Waals surface area (Å²) in [5.41, 5.74) is 2.23. The Kier molecular flexibility index (Phi) is 7.69. The number of hydrogen-bond acceptors (Lipinski definition) is 4. The second-order valence-corrected chi connectivity index (χ2v) is 7.65. The van der Waals surface area contributed by atoms with Crippen molar-refractivity contribution in [1.82, 2.24) is 0 Å². The Bertz CT molecular complexity index is 617. The van der Waals surface area contributed by atoms with Crippen molar-refractivity contribution in [1.29, 1.82) is 0 Å². The van der Waals surface area contributed by atoms with Crippen LogP contribution in [-0.2, 0) is 5.41 Å². The minimum atomic E-state index is -0.859. The van der Waals surface area contributed by atoms with Crippen molar-refractivity contribution in [3.63, 3.8) is 0 Å². The quantitative estimate of drug-likeness (QED) is 0.657. The molecular weight excluding hydrogens is 340 g/mol. The molecule has 2 aromatic rings. The molecule has 4 nitrogen and oxygen atoms in total. The first-order chi connectivity index (χ1) is 12.9. The first-order valence-electron chi connectivity index (χ1n) is 9.62. The Balaban J connectivity index is 2.04. The maximum atomic E-state index is 9.37. The molecule has 148 valence electrons. The van der Waals surface area contributed by atoms with E-state index < -0.39 is 6.10 Å². The Morgan fingerprint density at radius 2 is 1.30 bits per heavy atom. The molecule has 0 amide bonds. The summed E-state index contributed by atoms with van der Waals surface area (Å²) in [7, 11) is 0. The van der Waals surface area contributed by atoms with Gasteiger partial charge in [0, 0.05) is 5.41 Å². The molecule has 27 heavy (non-hydrogen) atoms. The highest BCUT2D eigenvalue weighted by Gasteiger charge is 2.23. The minimum absolute atomic E-state index is 0.0807. The zero-order valence-corrected chi connectivity index (χ0v) is 16.8. The van der Waals surface area contributed by atoms with E-state index in [1.807, 2.05) is 36.4 Å². The van der Waals surface area contributed by atoms with Crippen LogP contribution in [0.4, 0.5) is 0 Å². The van der Waals surface area contributed by atoms with E-state index in [-0.39, 0.29) is 18.6 Å². The highest BCUT2D eigenvalue weighted by Crippen LogP contribution is 2.33. The van der Waals surface area contributed by atoms with Crippen molar-refractivity contribution in [2.45, 2.75) is 45.6 Å². The number of rotatable bonds is 10. The first-order valence-corrected chi connectivity index (χ1v) is 9.62. The van der Waals surface area contributed by atoms with Crippen molar-refractivity contribution in [3.8, 4) is 11.5 Å². The summed E-state index contributed by atoms with van der Waals surface area (Å²) in [5, 5.41) is 18.2. The molecule has 0 aliphatic heterocycles. The van der Waals surface area contributed by atoms with Gasteiger partial charge in [0.05, 0.1) is 13.2 Å². The van der Waals surface area contributed by atoms with Gasteiger partial charge in [-0.1, -0.05) is 58.4 Å². The average Bonchev–Trinajstić information content (AvgIpc) is 2.70. The maximum Gasteiger partial charge on any atom is 0.119 e. The molecule has 0 aliphatic carbocycles. The molecule has 2 unspecified atom stereocenters. The summed E-state index contributed by atoms with van der Waals surface area (Å²) in [6.07, 6.45) is 0.256. The lowest BCUT2D eigenvalue weighted by Crippen LogP contribution is -2.21. The van der Waals surface area contributed by atoms with Crippen molar-refractivity contribution in [2.24, 2.45) is 5.92 Å². The van der Waals surface area contributed by atoms with Gasteiger partial charge in [-0.25, -0.2) is 0 Å². The minimum Gasteiger partial charge on any atom is -0.493 e. The van der Waals surface area contributed by atoms with Crippen LogP contribution in [0.1, 0.15) is 45.2 Å². The Labute approximate surface area is 162 Å². The summed E-state index contributed by atoms with van der Waals surface area (Å²) in [5.74, 6) is 2.14. The molecule has 2 aromatic carbocycles. The van der Waals surface area contributed by atoms with Gasteiger partial charge in [-0.15, -0.1) is 0 Å². The molecular formula is C23H32O4. The number of ether oxygens (including phenoxy) is 2. The number of aliphatic hydroxyl groups excluding tert-OH is 2. The lowest BCUT2D eigenvalue weighted by atomic mass is 9.78. The van der Waals surface area contributed by atoms with Gasteiger partial charge in [-0.2, -0.15) is 0 Å². The van der Waals surface area contributed by atoms with Crippen LogP contribution in [0.2, 0.25) is 0 Å². The molecule has 0 aliphatic rings. The summed E-state index contributed by atoms with van der Waals surface area (Å²) < 4.78 is 11.3. The molecule has 0 radical (unpaired) electrons. The van der Waals surface area contributed by atoms with Crippen LogP contribution >= 0.6 is 0 Å². The third-order valence-corrected chi connectivity index (χ3v) is 5.04. The van der Waals surface area contributed by atoms with Crippen LogP contribution in [0, 0.1) is 5.92 Å². The fraction of sp³-hybridized carbons (Fsp3) is 0.478. The zero-order valence-electron chi connectivity index (χ0n) is 16.8. The smallest absolute Gasteiger partial charge is 0.119 e. The molecule has 0 spiro atoms. The standard InChI is InChI=1S/C23H32O4/c1-5-17(2)15-26-21-10-6-18(7-11-21)23(3,4)19-8-12-22(13-9-19)27-16-20(25)14-24/h6-13,17,20,24-25H,5,14-16H2,1-4H3. The third kappa shape index (κ3) is 5.98. The Hall–Kier alpha value is -2.04. The van der Waals surface area contributed by atoms with Crippen molar-refractivity contribution in [2.75, 3.05) is 19.8 Å². The van der Waals surface area contributed by atoms with Gasteiger partial charge in [0.25, 0.3) is 0 Å². The Morgan fingerprint density at radius 1 is 0.852 bits per heavy atom. The first kappa shape index (κ1) is 21.3. The molecule has 4 heteroatoms. The molecule has 0 saturated heterocycles. The van der Waals surface area contributed by atoms with E-state index >= 15 is 0 Å². The number of aliphatic hydroxyl groups is 2. The van der Waals surface area contributed by atoms with Gasteiger partial charge in [-0.05, 0) is 41.3 Å². The summed E-state index contributed by atoms with van der Waals surface area (Å²) in [6, 6.07) is 16.2. The number of hydrogen-bond donors (Lipinski definition) is 2. The predicted octanol–water partition coefficient (Wildman–Crippen LogP) is 4.17. The molecule has 2 N–H and O–H groups in total. The molecule has 0 heterocycles. The van der Waals surface area contributed by atoms with E-state index in [1.165, 1.54) is 11.1 Å². The van der Waals surface area contributed by atoms with Gasteiger partial charge in [0.15, 0.2) is 0 Å². The largest absolute Gasteiger partial charge is 0.493 e. The second-order valence-electron chi connectivity index (χ2n) is 7.65. The fourth-order valence-corrected chi connectivity index (χ4v) is 2.70. The zero-order chi connectivity index (χ0) is 19.9. The van der Waals surface area contributed by atoms with Crippen molar-refractivity contribution in [3.05, 3.63) is 59.7 Å². The van der Waals surface area contributed by atoms with Crippen LogP contribution in [0.5, 0.6) is 11.5 Å². The fourth-order valence-electron chi connectivity index (χ4n) is 2.70. The van der Waals surface area contributed by atoms with E-state index in [2.05, 4.69) is 39.8 Å². The average molecular weight is 373 g/mol. The maximum absolute atomic E-state index is 9.37.